The summed E-state index contributed by atoms with van der Waals surface area (Å²) in [4.78, 5) is 0. The Morgan fingerprint density at radius 3 is 2.78 bits per heavy atom. The molecule has 0 bridgehead atoms. The van der Waals surface area contributed by atoms with Crippen molar-refractivity contribution in [1.82, 2.24) is 5.32 Å². The number of rotatable bonds is 6. The molecule has 1 aromatic carbocycles. The van der Waals surface area contributed by atoms with Crippen LogP contribution in [0.4, 0.5) is 0 Å². The van der Waals surface area contributed by atoms with Crippen LogP contribution >= 0.6 is 0 Å². The molecule has 18 heavy (non-hydrogen) atoms. The van der Waals surface area contributed by atoms with Crippen molar-refractivity contribution in [3.05, 3.63) is 29.8 Å². The molecule has 3 nitrogen and oxygen atoms in total. The van der Waals surface area contributed by atoms with Gasteiger partial charge >= 0.3 is 0 Å². The molecule has 3 N–H and O–H groups in total. The van der Waals surface area contributed by atoms with Gasteiger partial charge in [0.1, 0.15) is 5.75 Å². The lowest BCUT2D eigenvalue weighted by molar-refractivity contribution is 0.242. The van der Waals surface area contributed by atoms with E-state index < -0.39 is 0 Å². The average molecular weight is 246 g/mol. The number of nitrogens with one attached hydrogen (secondary N) is 1. The Balaban J connectivity index is 2.74. The Morgan fingerprint density at radius 1 is 1.39 bits per heavy atom. The van der Waals surface area contributed by atoms with Gasteiger partial charge in [-0.05, 0) is 38.5 Å². The fraction of sp³-hybridized carbons (Fsp3) is 0.467. The first-order valence-electron chi connectivity index (χ1n) is 6.27. The van der Waals surface area contributed by atoms with Gasteiger partial charge in [0, 0.05) is 12.6 Å². The number of hydrogen-bond donors (Lipinski definition) is 2. The molecule has 0 spiro atoms. The van der Waals surface area contributed by atoms with Gasteiger partial charge in [0.15, 0.2) is 0 Å². The molecule has 0 radical (unpaired) electrons. The minimum Gasteiger partial charge on any atom is -0.491 e. The Hall–Kier alpha value is -1.50. The monoisotopic (exact) mass is 246 g/mol. The maximum atomic E-state index is 5.79. The molecule has 1 rings (SSSR count). The highest BCUT2D eigenvalue weighted by molar-refractivity contribution is 5.31. The summed E-state index contributed by atoms with van der Waals surface area (Å²) in [5, 5.41) is 3.31. The van der Waals surface area contributed by atoms with Crippen LogP contribution < -0.4 is 15.8 Å². The molecule has 0 saturated carbocycles. The molecule has 0 heterocycles. The summed E-state index contributed by atoms with van der Waals surface area (Å²) in [6.07, 6.45) is 0.176. The Bertz CT molecular complexity index is 418. The van der Waals surface area contributed by atoms with Gasteiger partial charge in [-0.2, -0.15) is 0 Å². The molecule has 0 saturated heterocycles. The van der Waals surface area contributed by atoms with Gasteiger partial charge in [0.25, 0.3) is 0 Å². The summed E-state index contributed by atoms with van der Waals surface area (Å²) in [6, 6.07) is 8.15. The Kier molecular flexibility index (Phi) is 6.27. The molecule has 3 heteroatoms. The van der Waals surface area contributed by atoms with Crippen molar-refractivity contribution >= 4 is 0 Å². The second kappa shape index (κ2) is 7.75. The Labute approximate surface area is 110 Å². The van der Waals surface area contributed by atoms with Crippen LogP contribution in [-0.4, -0.2) is 19.2 Å². The number of benzene rings is 1. The van der Waals surface area contributed by atoms with Crippen LogP contribution in [0.2, 0.25) is 0 Å². The van der Waals surface area contributed by atoms with Crippen molar-refractivity contribution in [2.75, 3.05) is 13.1 Å². The summed E-state index contributed by atoms with van der Waals surface area (Å²) in [6.45, 7) is 7.05. The van der Waals surface area contributed by atoms with E-state index in [1.807, 2.05) is 39.0 Å². The van der Waals surface area contributed by atoms with Crippen molar-refractivity contribution in [3.8, 4) is 17.6 Å². The predicted octanol–water partition coefficient (Wildman–Crippen LogP) is 2.09. The molecule has 1 aromatic rings. The van der Waals surface area contributed by atoms with Crippen molar-refractivity contribution in [2.45, 2.75) is 32.9 Å². The van der Waals surface area contributed by atoms with Crippen molar-refractivity contribution in [2.24, 2.45) is 5.73 Å². The molecule has 0 aliphatic rings. The van der Waals surface area contributed by atoms with E-state index >= 15 is 0 Å². The third kappa shape index (κ3) is 4.79. The van der Waals surface area contributed by atoms with Gasteiger partial charge in [0.2, 0.25) is 0 Å². The molecule has 98 valence electrons. The molecule has 1 atom stereocenters. The third-order valence-electron chi connectivity index (χ3n) is 2.48. The number of ether oxygens (including phenoxy) is 1. The van der Waals surface area contributed by atoms with E-state index in [1.54, 1.807) is 0 Å². The lowest BCUT2D eigenvalue weighted by atomic mass is 10.1. The molecular formula is C15H22N2O. The largest absolute Gasteiger partial charge is 0.491 e. The zero-order valence-corrected chi connectivity index (χ0v) is 11.4. The van der Waals surface area contributed by atoms with Gasteiger partial charge in [0.05, 0.1) is 12.6 Å². The molecule has 0 aliphatic carbocycles. The van der Waals surface area contributed by atoms with Crippen molar-refractivity contribution in [1.29, 1.82) is 0 Å². The highest BCUT2D eigenvalue weighted by Gasteiger charge is 2.09. The Morgan fingerprint density at radius 2 is 2.17 bits per heavy atom. The SMILES string of the molecule is CC#CCNC(CN)c1cccc(OC(C)C)c1. The van der Waals surface area contributed by atoms with Crippen LogP contribution in [0, 0.1) is 11.8 Å². The van der Waals surface area contributed by atoms with E-state index in [-0.39, 0.29) is 12.1 Å². The first-order valence-corrected chi connectivity index (χ1v) is 6.27. The topological polar surface area (TPSA) is 47.3 Å². The summed E-state index contributed by atoms with van der Waals surface area (Å²) in [5.41, 5.74) is 6.92. The second-order valence-corrected chi connectivity index (χ2v) is 4.34. The molecule has 0 amide bonds. The summed E-state index contributed by atoms with van der Waals surface area (Å²) < 4.78 is 5.68. The molecule has 1 unspecified atom stereocenters. The van der Waals surface area contributed by atoms with E-state index in [0.29, 0.717) is 13.1 Å². The van der Waals surface area contributed by atoms with Crippen LogP contribution in [0.25, 0.3) is 0 Å². The predicted molar refractivity (Wildman–Crippen MR) is 75.5 cm³/mol. The van der Waals surface area contributed by atoms with E-state index in [9.17, 15) is 0 Å². The van der Waals surface area contributed by atoms with Crippen LogP contribution in [-0.2, 0) is 0 Å². The van der Waals surface area contributed by atoms with E-state index in [2.05, 4.69) is 23.2 Å². The highest BCUT2D eigenvalue weighted by atomic mass is 16.5. The van der Waals surface area contributed by atoms with Gasteiger partial charge in [-0.1, -0.05) is 18.1 Å². The lowest BCUT2D eigenvalue weighted by Crippen LogP contribution is -2.28. The van der Waals surface area contributed by atoms with Crippen molar-refractivity contribution < 1.29 is 4.74 Å². The van der Waals surface area contributed by atoms with E-state index in [0.717, 1.165) is 11.3 Å². The van der Waals surface area contributed by atoms with Crippen LogP contribution in [0.1, 0.15) is 32.4 Å². The minimum atomic E-state index is 0.113. The first kappa shape index (κ1) is 14.6. The maximum absolute atomic E-state index is 5.79. The van der Waals surface area contributed by atoms with Crippen LogP contribution in [0.15, 0.2) is 24.3 Å². The molecule has 0 aliphatic heterocycles. The highest BCUT2D eigenvalue weighted by Crippen LogP contribution is 2.19. The van der Waals surface area contributed by atoms with Gasteiger partial charge in [-0.15, -0.1) is 5.92 Å². The molecule has 0 aromatic heterocycles. The molecule has 0 fully saturated rings. The zero-order valence-electron chi connectivity index (χ0n) is 11.4. The fourth-order valence-electron chi connectivity index (χ4n) is 1.68. The molecular weight excluding hydrogens is 224 g/mol. The van der Waals surface area contributed by atoms with Gasteiger partial charge in [-0.3, -0.25) is 5.32 Å². The number of hydrogen-bond acceptors (Lipinski definition) is 3. The van der Waals surface area contributed by atoms with E-state index in [1.165, 1.54) is 0 Å². The van der Waals surface area contributed by atoms with Crippen molar-refractivity contribution in [3.63, 3.8) is 0 Å². The summed E-state index contributed by atoms with van der Waals surface area (Å²) >= 11 is 0. The zero-order chi connectivity index (χ0) is 13.4. The van der Waals surface area contributed by atoms with Gasteiger partial charge < -0.3 is 10.5 Å². The smallest absolute Gasteiger partial charge is 0.120 e. The minimum absolute atomic E-state index is 0.113. The summed E-state index contributed by atoms with van der Waals surface area (Å²) in [7, 11) is 0. The number of nitrogens with two attached hydrogens (primary N) is 1. The quantitative estimate of drug-likeness (QED) is 0.756. The lowest BCUT2D eigenvalue weighted by Gasteiger charge is -2.17. The fourth-order valence-corrected chi connectivity index (χ4v) is 1.68. The van der Waals surface area contributed by atoms with Gasteiger partial charge in [-0.25, -0.2) is 0 Å². The summed E-state index contributed by atoms with van der Waals surface area (Å²) in [5.74, 6) is 6.72. The van der Waals surface area contributed by atoms with Crippen LogP contribution in [0.5, 0.6) is 5.75 Å². The average Bonchev–Trinajstić information content (AvgIpc) is 2.34. The first-order chi connectivity index (χ1) is 8.67. The second-order valence-electron chi connectivity index (χ2n) is 4.34. The van der Waals surface area contributed by atoms with E-state index in [4.69, 9.17) is 10.5 Å². The third-order valence-corrected chi connectivity index (χ3v) is 2.48. The maximum Gasteiger partial charge on any atom is 0.120 e. The van der Waals surface area contributed by atoms with Crippen LogP contribution in [0.3, 0.4) is 0 Å². The standard InChI is InChI=1S/C15H22N2O/c1-4-5-9-17-15(11-16)13-7-6-8-14(10-13)18-12(2)3/h6-8,10,12,15,17H,9,11,16H2,1-3H3. The normalized spacial score (nSPS) is 11.8.